The van der Waals surface area contributed by atoms with Crippen molar-refractivity contribution in [2.75, 3.05) is 26.7 Å². The van der Waals surface area contributed by atoms with E-state index in [1.165, 1.54) is 5.56 Å². The van der Waals surface area contributed by atoms with Crippen molar-refractivity contribution in [1.82, 2.24) is 30.1 Å². The van der Waals surface area contributed by atoms with Crippen molar-refractivity contribution in [3.8, 4) is 11.5 Å². The van der Waals surface area contributed by atoms with Gasteiger partial charge in [-0.1, -0.05) is 35.5 Å². The molecule has 1 aromatic carbocycles. The monoisotopic (exact) mass is 374 g/mol. The first-order valence-electron chi connectivity index (χ1n) is 8.53. The standard InChI is InChI=1S/C18H22N6O.ClH/c1-13-15(10-20-24(13)12-14-6-4-3-5-7-14)18-21-17(22-25-18)16-11-19-8-9-23(16)2;/h3-7,10,16,19H,8-9,11-12H2,1-2H3;1H. The molecule has 7 nitrogen and oxygen atoms in total. The van der Waals surface area contributed by atoms with Gasteiger partial charge in [-0.25, -0.2) is 0 Å². The zero-order valence-electron chi connectivity index (χ0n) is 14.9. The molecule has 1 aliphatic heterocycles. The second-order valence-electron chi connectivity index (χ2n) is 6.45. The highest BCUT2D eigenvalue weighted by Crippen LogP contribution is 2.25. The summed E-state index contributed by atoms with van der Waals surface area (Å²) in [5.41, 5.74) is 3.12. The summed E-state index contributed by atoms with van der Waals surface area (Å²) in [4.78, 5) is 6.87. The summed E-state index contributed by atoms with van der Waals surface area (Å²) >= 11 is 0. The highest BCUT2D eigenvalue weighted by molar-refractivity contribution is 5.85. The number of benzene rings is 1. The Kier molecular flexibility index (Phi) is 5.70. The average molecular weight is 375 g/mol. The van der Waals surface area contributed by atoms with Crippen LogP contribution < -0.4 is 5.32 Å². The lowest BCUT2D eigenvalue weighted by Gasteiger charge is -2.30. The third-order valence-corrected chi connectivity index (χ3v) is 4.76. The minimum absolute atomic E-state index is 0. The third kappa shape index (κ3) is 3.65. The van der Waals surface area contributed by atoms with Gasteiger partial charge >= 0.3 is 0 Å². The van der Waals surface area contributed by atoms with Gasteiger partial charge in [-0.15, -0.1) is 12.4 Å². The van der Waals surface area contributed by atoms with Crippen molar-refractivity contribution < 1.29 is 4.52 Å². The van der Waals surface area contributed by atoms with E-state index >= 15 is 0 Å². The SMILES string of the molecule is Cc1c(-c2nc(C3CNCCN3C)no2)cnn1Cc1ccccc1.Cl. The lowest BCUT2D eigenvalue weighted by Crippen LogP contribution is -2.44. The molecule has 0 bridgehead atoms. The molecule has 0 saturated carbocycles. The number of hydrogen-bond acceptors (Lipinski definition) is 6. The molecule has 1 saturated heterocycles. The van der Waals surface area contributed by atoms with Crippen LogP contribution in [0.25, 0.3) is 11.5 Å². The maximum atomic E-state index is 5.53. The number of hydrogen-bond donors (Lipinski definition) is 1. The van der Waals surface area contributed by atoms with Crippen LogP contribution in [0.3, 0.4) is 0 Å². The summed E-state index contributed by atoms with van der Waals surface area (Å²) in [5.74, 6) is 1.26. The predicted molar refractivity (Wildman–Crippen MR) is 101 cm³/mol. The van der Waals surface area contributed by atoms with Crippen molar-refractivity contribution >= 4 is 12.4 Å². The lowest BCUT2D eigenvalue weighted by atomic mass is 10.2. The van der Waals surface area contributed by atoms with Gasteiger partial charge in [-0.2, -0.15) is 10.1 Å². The van der Waals surface area contributed by atoms with E-state index in [9.17, 15) is 0 Å². The molecule has 0 aliphatic carbocycles. The molecule has 1 atom stereocenters. The summed E-state index contributed by atoms with van der Waals surface area (Å²) in [6.07, 6.45) is 1.80. The second kappa shape index (κ2) is 7.99. The van der Waals surface area contributed by atoms with Gasteiger partial charge in [0.15, 0.2) is 5.82 Å². The highest BCUT2D eigenvalue weighted by atomic mass is 35.5. The van der Waals surface area contributed by atoms with Crippen molar-refractivity contribution in [1.29, 1.82) is 0 Å². The fourth-order valence-corrected chi connectivity index (χ4v) is 3.15. The maximum absolute atomic E-state index is 5.53. The zero-order valence-corrected chi connectivity index (χ0v) is 15.7. The van der Waals surface area contributed by atoms with Gasteiger partial charge in [0.2, 0.25) is 0 Å². The molecule has 26 heavy (non-hydrogen) atoms. The first-order valence-corrected chi connectivity index (χ1v) is 8.53. The summed E-state index contributed by atoms with van der Waals surface area (Å²) in [7, 11) is 2.09. The Morgan fingerprint density at radius 3 is 2.85 bits per heavy atom. The summed E-state index contributed by atoms with van der Waals surface area (Å²) in [6, 6.07) is 10.4. The smallest absolute Gasteiger partial charge is 0.261 e. The Morgan fingerprint density at radius 1 is 1.27 bits per heavy atom. The fraction of sp³-hybridized carbons (Fsp3) is 0.389. The number of nitrogens with one attached hydrogen (secondary N) is 1. The molecule has 0 amide bonds. The Balaban J connectivity index is 0.00000196. The summed E-state index contributed by atoms with van der Waals surface area (Å²) < 4.78 is 7.49. The zero-order chi connectivity index (χ0) is 17.2. The molecule has 3 aromatic rings. The molecule has 1 fully saturated rings. The predicted octanol–water partition coefficient (Wildman–Crippen LogP) is 2.29. The molecule has 1 N–H and O–H groups in total. The van der Waals surface area contributed by atoms with E-state index < -0.39 is 0 Å². The molecule has 2 aromatic heterocycles. The van der Waals surface area contributed by atoms with E-state index in [0.29, 0.717) is 5.89 Å². The van der Waals surface area contributed by atoms with Gasteiger partial charge in [0.1, 0.15) is 0 Å². The molecule has 4 rings (SSSR count). The van der Waals surface area contributed by atoms with Crippen molar-refractivity contribution in [2.24, 2.45) is 0 Å². The van der Waals surface area contributed by atoms with Gasteiger partial charge in [0, 0.05) is 25.3 Å². The third-order valence-electron chi connectivity index (χ3n) is 4.76. The molecule has 138 valence electrons. The van der Waals surface area contributed by atoms with E-state index in [1.807, 2.05) is 29.8 Å². The van der Waals surface area contributed by atoms with E-state index in [0.717, 1.165) is 43.3 Å². The van der Waals surface area contributed by atoms with Crippen LogP contribution in [0.1, 0.15) is 23.1 Å². The van der Waals surface area contributed by atoms with Crippen LogP contribution in [0, 0.1) is 6.92 Å². The Hall–Kier alpha value is -2.22. The molecule has 0 spiro atoms. The van der Waals surface area contributed by atoms with Crippen LogP contribution in [0.5, 0.6) is 0 Å². The molecule has 1 unspecified atom stereocenters. The van der Waals surface area contributed by atoms with Gasteiger partial charge in [-0.05, 0) is 19.5 Å². The largest absolute Gasteiger partial charge is 0.334 e. The van der Waals surface area contributed by atoms with Crippen molar-refractivity contribution in [3.63, 3.8) is 0 Å². The maximum Gasteiger partial charge on any atom is 0.261 e. The van der Waals surface area contributed by atoms with Crippen molar-refractivity contribution in [3.05, 3.63) is 53.6 Å². The Bertz CT molecular complexity index is 847. The topological polar surface area (TPSA) is 72.0 Å². The highest BCUT2D eigenvalue weighted by Gasteiger charge is 2.26. The number of rotatable bonds is 4. The summed E-state index contributed by atoms with van der Waals surface area (Å²) in [6.45, 7) is 5.56. The number of aromatic nitrogens is 4. The Morgan fingerprint density at radius 2 is 2.08 bits per heavy atom. The van der Waals surface area contributed by atoms with E-state index in [2.05, 4.69) is 44.6 Å². The Labute approximate surface area is 158 Å². The first kappa shape index (κ1) is 18.6. The van der Waals surface area contributed by atoms with E-state index in [1.54, 1.807) is 6.20 Å². The van der Waals surface area contributed by atoms with Crippen LogP contribution >= 0.6 is 12.4 Å². The normalized spacial score (nSPS) is 17.8. The molecular formula is C18H23ClN6O. The van der Waals surface area contributed by atoms with Crippen LogP contribution in [-0.2, 0) is 6.54 Å². The van der Waals surface area contributed by atoms with Crippen molar-refractivity contribution in [2.45, 2.75) is 19.5 Å². The minimum atomic E-state index is 0. The van der Waals surface area contributed by atoms with Gasteiger partial charge in [-0.3, -0.25) is 9.58 Å². The van der Waals surface area contributed by atoms with Gasteiger partial charge in [0.05, 0.1) is 24.3 Å². The molecule has 8 heteroatoms. The molecule has 3 heterocycles. The molecule has 0 radical (unpaired) electrons. The second-order valence-corrected chi connectivity index (χ2v) is 6.45. The fourth-order valence-electron chi connectivity index (χ4n) is 3.15. The molecule has 1 aliphatic rings. The van der Waals surface area contributed by atoms with Gasteiger partial charge < -0.3 is 9.84 Å². The number of likely N-dealkylation sites (N-methyl/N-ethyl adjacent to an activating group) is 1. The minimum Gasteiger partial charge on any atom is -0.334 e. The van der Waals surface area contributed by atoms with Crippen LogP contribution in [0.15, 0.2) is 41.1 Å². The number of halogens is 1. The lowest BCUT2D eigenvalue weighted by molar-refractivity contribution is 0.190. The summed E-state index contributed by atoms with van der Waals surface area (Å²) in [5, 5.41) is 12.1. The quantitative estimate of drug-likeness (QED) is 0.755. The average Bonchev–Trinajstić information content (AvgIpc) is 3.24. The number of piperazine rings is 1. The van der Waals surface area contributed by atoms with E-state index in [-0.39, 0.29) is 18.4 Å². The van der Waals surface area contributed by atoms with E-state index in [4.69, 9.17) is 4.52 Å². The number of nitrogens with zero attached hydrogens (tertiary/aromatic N) is 5. The van der Waals surface area contributed by atoms with Gasteiger partial charge in [0.25, 0.3) is 5.89 Å². The first-order chi connectivity index (χ1) is 12.2. The van der Waals surface area contributed by atoms with Crippen LogP contribution in [0.2, 0.25) is 0 Å². The van der Waals surface area contributed by atoms with Crippen LogP contribution in [0.4, 0.5) is 0 Å². The molecular weight excluding hydrogens is 352 g/mol. The van der Waals surface area contributed by atoms with Crippen LogP contribution in [-0.4, -0.2) is 51.5 Å².